The van der Waals surface area contributed by atoms with Crippen LogP contribution in [0.15, 0.2) is 48.5 Å². The maximum absolute atomic E-state index is 12.6. The van der Waals surface area contributed by atoms with Crippen LogP contribution in [0.1, 0.15) is 29.7 Å². The molecule has 0 aliphatic carbocycles. The molecule has 1 amide bonds. The molecule has 2 aromatic carbocycles. The minimum atomic E-state index is 0.244. The summed E-state index contributed by atoms with van der Waals surface area (Å²) in [5.74, 6) is 0.244. The van der Waals surface area contributed by atoms with Gasteiger partial charge in [0.1, 0.15) is 6.04 Å². The van der Waals surface area contributed by atoms with Crippen LogP contribution in [0, 0.1) is 13.8 Å². The third kappa shape index (κ3) is 4.25. The Hall–Kier alpha value is -2.33. The molecule has 0 saturated carbocycles. The number of nitrogens with two attached hydrogens (primary N) is 1. The highest BCUT2D eigenvalue weighted by atomic mass is 16.2. The molecule has 2 aromatic rings. The Bertz CT molecular complexity index is 736. The highest BCUT2D eigenvalue weighted by Gasteiger charge is 2.23. The van der Waals surface area contributed by atoms with E-state index in [0.29, 0.717) is 12.6 Å². The maximum Gasteiger partial charge on any atom is 0.277 e. The molecule has 1 heterocycles. The topological polar surface area (TPSA) is 40.2 Å². The van der Waals surface area contributed by atoms with Gasteiger partial charge in [-0.2, -0.15) is 0 Å². The van der Waals surface area contributed by atoms with Crippen molar-refractivity contribution in [2.45, 2.75) is 26.8 Å². The average molecular weight is 353 g/mol. The Labute approximate surface area is 156 Å². The molecule has 138 valence electrons. The fourth-order valence-electron chi connectivity index (χ4n) is 3.57. The van der Waals surface area contributed by atoms with Gasteiger partial charge in [-0.25, -0.2) is 0 Å². The first-order valence-corrected chi connectivity index (χ1v) is 9.53. The van der Waals surface area contributed by atoms with E-state index in [2.05, 4.69) is 61.3 Å². The molecule has 0 bridgehead atoms. The summed E-state index contributed by atoms with van der Waals surface area (Å²) in [4.78, 5) is 17.0. The molecular weight excluding hydrogens is 322 g/mol. The highest BCUT2D eigenvalue weighted by Crippen LogP contribution is 2.23. The number of piperazine rings is 1. The predicted molar refractivity (Wildman–Crippen MR) is 106 cm³/mol. The predicted octanol–water partition coefficient (Wildman–Crippen LogP) is 2.28. The summed E-state index contributed by atoms with van der Waals surface area (Å²) in [5, 5.41) is 2.13. The Morgan fingerprint density at radius 2 is 1.69 bits per heavy atom. The Morgan fingerprint density at radius 3 is 2.38 bits per heavy atom. The lowest BCUT2D eigenvalue weighted by Gasteiger charge is -2.36. The van der Waals surface area contributed by atoms with Crippen LogP contribution in [0.4, 0.5) is 5.69 Å². The number of hydrogen-bond acceptors (Lipinski definition) is 2. The number of aryl methyl sites for hydroxylation is 1. The van der Waals surface area contributed by atoms with E-state index in [0.717, 1.165) is 26.2 Å². The third-order valence-electron chi connectivity index (χ3n) is 5.52. The van der Waals surface area contributed by atoms with Crippen molar-refractivity contribution in [1.29, 1.82) is 0 Å². The van der Waals surface area contributed by atoms with Crippen LogP contribution in [0.5, 0.6) is 0 Å². The third-order valence-corrected chi connectivity index (χ3v) is 5.52. The van der Waals surface area contributed by atoms with Crippen LogP contribution in [0.25, 0.3) is 0 Å². The van der Waals surface area contributed by atoms with Gasteiger partial charge >= 0.3 is 0 Å². The van der Waals surface area contributed by atoms with Gasteiger partial charge in [0.15, 0.2) is 6.54 Å². The number of rotatable bonds is 5. The zero-order chi connectivity index (χ0) is 18.5. The number of quaternary nitrogens is 1. The van der Waals surface area contributed by atoms with E-state index in [1.807, 2.05) is 23.1 Å². The van der Waals surface area contributed by atoms with E-state index in [1.54, 1.807) is 0 Å². The van der Waals surface area contributed by atoms with Gasteiger partial charge in [0, 0.05) is 37.4 Å². The van der Waals surface area contributed by atoms with Crippen molar-refractivity contribution < 1.29 is 10.1 Å². The molecule has 1 saturated heterocycles. The van der Waals surface area contributed by atoms with Gasteiger partial charge in [0.25, 0.3) is 5.91 Å². The molecule has 4 nitrogen and oxygen atoms in total. The first-order valence-electron chi connectivity index (χ1n) is 9.53. The molecule has 0 aromatic heterocycles. The second-order valence-corrected chi connectivity index (χ2v) is 7.23. The fourth-order valence-corrected chi connectivity index (χ4v) is 3.57. The van der Waals surface area contributed by atoms with Crippen LogP contribution in [0.2, 0.25) is 0 Å². The normalized spacial score (nSPS) is 15.8. The largest absolute Gasteiger partial charge is 0.368 e. The van der Waals surface area contributed by atoms with Crippen molar-refractivity contribution in [1.82, 2.24) is 4.90 Å². The van der Waals surface area contributed by atoms with E-state index >= 15 is 0 Å². The number of carbonyl (C=O) groups is 1. The van der Waals surface area contributed by atoms with E-state index in [9.17, 15) is 4.79 Å². The van der Waals surface area contributed by atoms with Gasteiger partial charge in [0.2, 0.25) is 0 Å². The molecule has 1 fully saturated rings. The minimum Gasteiger partial charge on any atom is -0.368 e. The van der Waals surface area contributed by atoms with Crippen molar-refractivity contribution in [2.75, 3.05) is 37.6 Å². The monoisotopic (exact) mass is 352 g/mol. The van der Waals surface area contributed by atoms with E-state index in [-0.39, 0.29) is 5.91 Å². The number of hydrogen-bond donors (Lipinski definition) is 1. The SMILES string of the molecule is Cc1cccc(N2CCN(C(=O)C[NH2+][C@@H](C)c3ccccc3)CC2)c1C. The first-order chi connectivity index (χ1) is 12.6. The molecular formula is C22H30N3O+. The van der Waals surface area contributed by atoms with E-state index in [1.165, 1.54) is 22.4 Å². The number of benzene rings is 2. The van der Waals surface area contributed by atoms with Crippen LogP contribution in [0.3, 0.4) is 0 Å². The van der Waals surface area contributed by atoms with Crippen molar-refractivity contribution in [3.63, 3.8) is 0 Å². The van der Waals surface area contributed by atoms with Crippen molar-refractivity contribution >= 4 is 11.6 Å². The molecule has 1 aliphatic heterocycles. The highest BCUT2D eigenvalue weighted by molar-refractivity contribution is 5.77. The zero-order valence-electron chi connectivity index (χ0n) is 16.1. The van der Waals surface area contributed by atoms with Crippen molar-refractivity contribution in [3.05, 3.63) is 65.2 Å². The average Bonchev–Trinajstić information content (AvgIpc) is 2.69. The van der Waals surface area contributed by atoms with Gasteiger partial charge in [-0.3, -0.25) is 4.79 Å². The molecule has 2 N–H and O–H groups in total. The lowest BCUT2D eigenvalue weighted by molar-refractivity contribution is -0.683. The van der Waals surface area contributed by atoms with Crippen LogP contribution < -0.4 is 10.2 Å². The van der Waals surface area contributed by atoms with Crippen molar-refractivity contribution in [3.8, 4) is 0 Å². The number of carbonyl (C=O) groups excluding carboxylic acids is 1. The van der Waals surface area contributed by atoms with Crippen LogP contribution >= 0.6 is 0 Å². The van der Waals surface area contributed by atoms with E-state index in [4.69, 9.17) is 0 Å². The summed E-state index contributed by atoms with van der Waals surface area (Å²) in [6.45, 7) is 10.4. The zero-order valence-corrected chi connectivity index (χ0v) is 16.1. The quantitative estimate of drug-likeness (QED) is 0.897. The second kappa shape index (κ2) is 8.37. The molecule has 3 rings (SSSR count). The molecule has 1 atom stereocenters. The van der Waals surface area contributed by atoms with Gasteiger partial charge in [-0.15, -0.1) is 0 Å². The lowest BCUT2D eigenvalue weighted by Crippen LogP contribution is -2.87. The number of nitrogens with zero attached hydrogens (tertiary/aromatic N) is 2. The minimum absolute atomic E-state index is 0.244. The maximum atomic E-state index is 12.6. The standard InChI is InChI=1S/C22H29N3O/c1-17-8-7-11-21(18(17)2)24-12-14-25(15-13-24)22(26)16-23-19(3)20-9-5-4-6-10-20/h4-11,19,23H,12-16H2,1-3H3/p+1/t19-/m0/s1. The summed E-state index contributed by atoms with van der Waals surface area (Å²) in [5.41, 5.74) is 5.24. The first kappa shape index (κ1) is 18.5. The van der Waals surface area contributed by atoms with Gasteiger partial charge < -0.3 is 15.1 Å². The molecule has 0 unspecified atom stereocenters. The molecule has 0 radical (unpaired) electrons. The summed E-state index contributed by atoms with van der Waals surface area (Å²) in [7, 11) is 0. The molecule has 26 heavy (non-hydrogen) atoms. The van der Waals surface area contributed by atoms with Gasteiger partial charge in [-0.1, -0.05) is 42.5 Å². The van der Waals surface area contributed by atoms with Gasteiger partial charge in [-0.05, 0) is 38.0 Å². The number of amides is 1. The number of anilines is 1. The lowest BCUT2D eigenvalue weighted by atomic mass is 10.1. The van der Waals surface area contributed by atoms with E-state index < -0.39 is 0 Å². The van der Waals surface area contributed by atoms with Crippen LogP contribution in [-0.4, -0.2) is 43.5 Å². The fraction of sp³-hybridized carbons (Fsp3) is 0.409. The Balaban J connectivity index is 1.50. The smallest absolute Gasteiger partial charge is 0.277 e. The molecule has 0 spiro atoms. The van der Waals surface area contributed by atoms with Crippen LogP contribution in [-0.2, 0) is 4.79 Å². The summed E-state index contributed by atoms with van der Waals surface area (Å²) in [6.07, 6.45) is 0. The molecule has 4 heteroatoms. The Morgan fingerprint density at radius 1 is 1.00 bits per heavy atom. The summed E-state index contributed by atoms with van der Waals surface area (Å²) >= 11 is 0. The van der Waals surface area contributed by atoms with Crippen molar-refractivity contribution in [2.24, 2.45) is 0 Å². The Kier molecular flexibility index (Phi) is 5.94. The summed E-state index contributed by atoms with van der Waals surface area (Å²) in [6, 6.07) is 17.1. The molecule has 1 aliphatic rings. The van der Waals surface area contributed by atoms with Gasteiger partial charge in [0.05, 0.1) is 0 Å². The summed E-state index contributed by atoms with van der Waals surface area (Å²) < 4.78 is 0. The second-order valence-electron chi connectivity index (χ2n) is 7.23.